The van der Waals surface area contributed by atoms with E-state index in [1.54, 1.807) is 10.6 Å². The zero-order valence-corrected chi connectivity index (χ0v) is 8.00. The molecule has 3 heteroatoms. The van der Waals surface area contributed by atoms with E-state index in [9.17, 15) is 4.79 Å². The molecule has 0 spiro atoms. The van der Waals surface area contributed by atoms with Gasteiger partial charge in [0.05, 0.1) is 0 Å². The molecule has 0 aliphatic rings. The molecule has 0 unspecified atom stereocenters. The number of hydrogen-bond donors (Lipinski definition) is 0. The maximum Gasteiger partial charge on any atom is 0.327 e. The average Bonchev–Trinajstić information content (AvgIpc) is 2.30. The summed E-state index contributed by atoms with van der Waals surface area (Å²) in [5.74, 6) is 0. The molecule has 15 heavy (non-hydrogen) atoms. The van der Waals surface area contributed by atoms with E-state index < -0.39 is 0 Å². The van der Waals surface area contributed by atoms with Gasteiger partial charge in [0.25, 0.3) is 5.52 Å². The SMILES string of the molecule is O=c1c2cccc[n+]2cc2ccccn12. The molecule has 3 nitrogen and oxygen atoms in total. The molecule has 0 aliphatic carbocycles. The Morgan fingerprint density at radius 3 is 2.87 bits per heavy atom. The number of fused-ring (bicyclic) bond motifs is 2. The summed E-state index contributed by atoms with van der Waals surface area (Å²) in [4.78, 5) is 12.0. The Morgan fingerprint density at radius 2 is 1.93 bits per heavy atom. The third-order valence-electron chi connectivity index (χ3n) is 2.49. The molecule has 0 amide bonds. The molecule has 0 radical (unpaired) electrons. The van der Waals surface area contributed by atoms with Crippen LogP contribution in [-0.2, 0) is 0 Å². The lowest BCUT2D eigenvalue weighted by molar-refractivity contribution is -0.511. The number of hydrogen-bond acceptors (Lipinski definition) is 1. The van der Waals surface area contributed by atoms with Crippen molar-refractivity contribution in [2.75, 3.05) is 0 Å². The molecule has 0 saturated carbocycles. The van der Waals surface area contributed by atoms with Crippen molar-refractivity contribution in [1.29, 1.82) is 0 Å². The van der Waals surface area contributed by atoms with Crippen LogP contribution >= 0.6 is 0 Å². The second kappa shape index (κ2) is 2.92. The van der Waals surface area contributed by atoms with Gasteiger partial charge in [0.15, 0.2) is 12.4 Å². The van der Waals surface area contributed by atoms with Crippen molar-refractivity contribution in [3.05, 3.63) is 65.3 Å². The van der Waals surface area contributed by atoms with E-state index >= 15 is 0 Å². The molecule has 0 aliphatic heterocycles. The van der Waals surface area contributed by atoms with E-state index in [1.165, 1.54) is 0 Å². The van der Waals surface area contributed by atoms with E-state index in [1.807, 2.05) is 53.2 Å². The van der Waals surface area contributed by atoms with Crippen molar-refractivity contribution in [3.63, 3.8) is 0 Å². The van der Waals surface area contributed by atoms with Gasteiger partial charge in [0, 0.05) is 18.3 Å². The van der Waals surface area contributed by atoms with Crippen LogP contribution in [0.15, 0.2) is 59.8 Å². The topological polar surface area (TPSA) is 25.6 Å². The molecule has 3 rings (SSSR count). The first-order chi connectivity index (χ1) is 7.36. The second-order valence-electron chi connectivity index (χ2n) is 3.42. The maximum absolute atomic E-state index is 12.0. The van der Waals surface area contributed by atoms with Gasteiger partial charge in [0.2, 0.25) is 0 Å². The van der Waals surface area contributed by atoms with Crippen molar-refractivity contribution < 1.29 is 4.40 Å². The highest BCUT2D eigenvalue weighted by molar-refractivity contribution is 5.47. The van der Waals surface area contributed by atoms with Crippen LogP contribution in [0.4, 0.5) is 0 Å². The molecular formula is C12H9N2O+. The molecule has 3 heterocycles. The van der Waals surface area contributed by atoms with Gasteiger partial charge in [-0.25, -0.2) is 0 Å². The van der Waals surface area contributed by atoms with E-state index in [0.717, 1.165) is 5.52 Å². The first-order valence-electron chi connectivity index (χ1n) is 4.77. The van der Waals surface area contributed by atoms with E-state index in [-0.39, 0.29) is 5.56 Å². The van der Waals surface area contributed by atoms with Crippen LogP contribution in [0.2, 0.25) is 0 Å². The number of nitrogens with zero attached hydrogens (tertiary/aromatic N) is 2. The van der Waals surface area contributed by atoms with Crippen LogP contribution in [0.25, 0.3) is 11.0 Å². The summed E-state index contributed by atoms with van der Waals surface area (Å²) in [6.07, 6.45) is 5.60. The van der Waals surface area contributed by atoms with Gasteiger partial charge >= 0.3 is 5.56 Å². The Labute approximate surface area is 85.9 Å². The summed E-state index contributed by atoms with van der Waals surface area (Å²) in [6.45, 7) is 0. The zero-order valence-electron chi connectivity index (χ0n) is 8.00. The Kier molecular flexibility index (Phi) is 1.59. The fourth-order valence-corrected chi connectivity index (χ4v) is 1.76. The molecule has 0 fully saturated rings. The Morgan fingerprint density at radius 1 is 1.07 bits per heavy atom. The fraction of sp³-hybridized carbons (Fsp3) is 0. The minimum atomic E-state index is 0.00806. The average molecular weight is 197 g/mol. The minimum Gasteiger partial charge on any atom is -0.273 e. The number of aromatic nitrogens is 2. The van der Waals surface area contributed by atoms with Crippen molar-refractivity contribution in [3.8, 4) is 0 Å². The van der Waals surface area contributed by atoms with Crippen LogP contribution in [0.1, 0.15) is 0 Å². The van der Waals surface area contributed by atoms with E-state index in [2.05, 4.69) is 0 Å². The van der Waals surface area contributed by atoms with E-state index in [4.69, 9.17) is 0 Å². The Bertz CT molecular complexity index is 643. The molecule has 0 aromatic carbocycles. The quantitative estimate of drug-likeness (QED) is 0.390. The number of pyridine rings is 2. The summed E-state index contributed by atoms with van der Waals surface area (Å²) in [7, 11) is 0. The Balaban J connectivity index is 2.66. The van der Waals surface area contributed by atoms with Crippen LogP contribution in [0, 0.1) is 0 Å². The van der Waals surface area contributed by atoms with Crippen molar-refractivity contribution in [1.82, 2.24) is 4.40 Å². The van der Waals surface area contributed by atoms with Crippen LogP contribution < -0.4 is 9.96 Å². The lowest BCUT2D eigenvalue weighted by Gasteiger charge is -1.97. The fourth-order valence-electron chi connectivity index (χ4n) is 1.76. The molecular weight excluding hydrogens is 188 g/mol. The molecule has 0 atom stereocenters. The predicted octanol–water partition coefficient (Wildman–Crippen LogP) is 1.04. The zero-order chi connectivity index (χ0) is 10.3. The molecule has 3 aromatic rings. The molecule has 72 valence electrons. The summed E-state index contributed by atoms with van der Waals surface area (Å²) in [5, 5.41) is 0. The first-order valence-corrected chi connectivity index (χ1v) is 4.77. The van der Waals surface area contributed by atoms with Gasteiger partial charge < -0.3 is 0 Å². The summed E-state index contributed by atoms with van der Waals surface area (Å²) < 4.78 is 3.49. The van der Waals surface area contributed by atoms with Gasteiger partial charge in [-0.15, -0.1) is 0 Å². The second-order valence-corrected chi connectivity index (χ2v) is 3.42. The summed E-state index contributed by atoms with van der Waals surface area (Å²) in [6, 6.07) is 11.3. The largest absolute Gasteiger partial charge is 0.327 e. The lowest BCUT2D eigenvalue weighted by Crippen LogP contribution is -2.31. The normalized spacial score (nSPS) is 10.9. The van der Waals surface area contributed by atoms with Crippen molar-refractivity contribution >= 4 is 11.0 Å². The Hall–Kier alpha value is -2.16. The van der Waals surface area contributed by atoms with Crippen LogP contribution in [0.5, 0.6) is 0 Å². The molecule has 0 N–H and O–H groups in total. The number of rotatable bonds is 0. The van der Waals surface area contributed by atoms with Gasteiger partial charge in [-0.3, -0.25) is 9.20 Å². The van der Waals surface area contributed by atoms with Crippen LogP contribution in [0.3, 0.4) is 0 Å². The highest BCUT2D eigenvalue weighted by atomic mass is 16.1. The van der Waals surface area contributed by atoms with Crippen LogP contribution in [-0.4, -0.2) is 4.40 Å². The standard InChI is InChI=1S/C12H9N2O/c15-12-11-6-2-3-7-13(11)9-10-5-1-4-8-14(10)12/h1-9H/q+1. The van der Waals surface area contributed by atoms with Gasteiger partial charge in [-0.05, 0) is 18.2 Å². The highest BCUT2D eigenvalue weighted by Crippen LogP contribution is 1.97. The minimum absolute atomic E-state index is 0.00806. The van der Waals surface area contributed by atoms with Gasteiger partial charge in [-0.1, -0.05) is 6.07 Å². The summed E-state index contributed by atoms with van der Waals surface area (Å²) >= 11 is 0. The smallest absolute Gasteiger partial charge is 0.273 e. The van der Waals surface area contributed by atoms with Gasteiger partial charge in [-0.2, -0.15) is 4.40 Å². The summed E-state index contributed by atoms with van der Waals surface area (Å²) in [5.41, 5.74) is 1.58. The lowest BCUT2D eigenvalue weighted by atomic mass is 10.3. The highest BCUT2D eigenvalue weighted by Gasteiger charge is 2.08. The maximum atomic E-state index is 12.0. The first kappa shape index (κ1) is 8.17. The molecule has 3 aromatic heterocycles. The van der Waals surface area contributed by atoms with E-state index in [0.29, 0.717) is 5.52 Å². The predicted molar refractivity (Wildman–Crippen MR) is 56.8 cm³/mol. The van der Waals surface area contributed by atoms with Crippen molar-refractivity contribution in [2.45, 2.75) is 0 Å². The third kappa shape index (κ3) is 1.13. The molecule has 0 saturated heterocycles. The monoisotopic (exact) mass is 197 g/mol. The molecule has 0 bridgehead atoms. The third-order valence-corrected chi connectivity index (χ3v) is 2.49. The van der Waals surface area contributed by atoms with Gasteiger partial charge in [0.1, 0.15) is 5.52 Å². The van der Waals surface area contributed by atoms with Crippen molar-refractivity contribution in [2.24, 2.45) is 0 Å².